The van der Waals surface area contributed by atoms with Crippen LogP contribution in [-0.4, -0.2) is 38.7 Å². The minimum absolute atomic E-state index is 0.237. The molecular formula is C23H25NO5. The van der Waals surface area contributed by atoms with Gasteiger partial charge in [-0.1, -0.05) is 12.1 Å². The molecule has 0 unspecified atom stereocenters. The molecule has 0 aromatic heterocycles. The van der Waals surface area contributed by atoms with Crippen LogP contribution in [0.4, 0.5) is 5.69 Å². The van der Waals surface area contributed by atoms with Crippen LogP contribution in [0.3, 0.4) is 0 Å². The molecule has 1 aliphatic heterocycles. The number of hydrogen-bond donors (Lipinski definition) is 0. The Morgan fingerprint density at radius 3 is 2.59 bits per heavy atom. The Labute approximate surface area is 170 Å². The van der Waals surface area contributed by atoms with Crippen LogP contribution in [0.5, 0.6) is 11.5 Å². The highest BCUT2D eigenvalue weighted by Gasteiger charge is 2.23. The summed E-state index contributed by atoms with van der Waals surface area (Å²) in [5, 5.41) is 0. The molecule has 0 atom stereocenters. The Hall–Kier alpha value is -3.28. The third-order valence-corrected chi connectivity index (χ3v) is 4.65. The summed E-state index contributed by atoms with van der Waals surface area (Å²) >= 11 is 0. The predicted molar refractivity (Wildman–Crippen MR) is 111 cm³/mol. The van der Waals surface area contributed by atoms with E-state index in [1.165, 1.54) is 6.08 Å². The first-order valence-electron chi connectivity index (χ1n) is 9.65. The topological polar surface area (TPSA) is 65.1 Å². The first-order valence-corrected chi connectivity index (χ1v) is 9.65. The van der Waals surface area contributed by atoms with Crippen molar-refractivity contribution in [2.24, 2.45) is 0 Å². The van der Waals surface area contributed by atoms with Gasteiger partial charge in [-0.25, -0.2) is 4.79 Å². The lowest BCUT2D eigenvalue weighted by atomic mass is 10.0. The second kappa shape index (κ2) is 9.78. The van der Waals surface area contributed by atoms with Gasteiger partial charge in [0.25, 0.3) is 5.91 Å². The lowest BCUT2D eigenvalue weighted by Gasteiger charge is -2.29. The molecule has 0 aliphatic carbocycles. The molecular weight excluding hydrogens is 370 g/mol. The van der Waals surface area contributed by atoms with Crippen molar-refractivity contribution in [3.63, 3.8) is 0 Å². The molecule has 2 aromatic carbocycles. The number of amides is 1. The van der Waals surface area contributed by atoms with E-state index in [1.807, 2.05) is 49.4 Å². The number of anilines is 1. The smallest absolute Gasteiger partial charge is 0.331 e. The number of carbonyl (C=O) groups is 2. The summed E-state index contributed by atoms with van der Waals surface area (Å²) in [5.74, 6) is 0.749. The van der Waals surface area contributed by atoms with Crippen LogP contribution in [0.25, 0.3) is 6.08 Å². The van der Waals surface area contributed by atoms with Gasteiger partial charge in [0.2, 0.25) is 0 Å². The van der Waals surface area contributed by atoms with Crippen molar-refractivity contribution in [1.29, 1.82) is 0 Å². The fourth-order valence-corrected chi connectivity index (χ4v) is 3.22. The van der Waals surface area contributed by atoms with Crippen molar-refractivity contribution in [1.82, 2.24) is 0 Å². The van der Waals surface area contributed by atoms with Crippen molar-refractivity contribution in [3.8, 4) is 11.5 Å². The van der Waals surface area contributed by atoms with E-state index in [4.69, 9.17) is 14.2 Å². The fraction of sp³-hybridized carbons (Fsp3) is 0.304. The third kappa shape index (κ3) is 5.38. The summed E-state index contributed by atoms with van der Waals surface area (Å²) in [6.07, 6.45) is 4.71. The van der Waals surface area contributed by atoms with E-state index >= 15 is 0 Å². The number of aryl methyl sites for hydroxylation is 1. The first-order chi connectivity index (χ1) is 14.1. The molecule has 0 fully saturated rings. The summed E-state index contributed by atoms with van der Waals surface area (Å²) in [6.45, 7) is 2.84. The number of nitrogens with zero attached hydrogens (tertiary/aromatic N) is 1. The van der Waals surface area contributed by atoms with Crippen LogP contribution in [0.1, 0.15) is 24.5 Å². The Morgan fingerprint density at radius 1 is 1.10 bits per heavy atom. The number of hydrogen-bond acceptors (Lipinski definition) is 5. The average Bonchev–Trinajstić information content (AvgIpc) is 2.76. The van der Waals surface area contributed by atoms with Crippen LogP contribution in [0.15, 0.2) is 48.5 Å². The predicted octanol–water partition coefficient (Wildman–Crippen LogP) is 3.63. The second-order valence-electron chi connectivity index (χ2n) is 6.59. The Balaban J connectivity index is 1.55. The zero-order valence-corrected chi connectivity index (χ0v) is 16.7. The van der Waals surface area contributed by atoms with Gasteiger partial charge in [-0.15, -0.1) is 0 Å². The Bertz CT molecular complexity index is 889. The van der Waals surface area contributed by atoms with Crippen LogP contribution in [0.2, 0.25) is 0 Å². The maximum Gasteiger partial charge on any atom is 0.331 e. The SMILES string of the molecule is CCOc1ccc(/C=C/C(=O)OCC(=O)N2CCCc3cc(OC)ccc32)cc1. The van der Waals surface area contributed by atoms with E-state index < -0.39 is 5.97 Å². The lowest BCUT2D eigenvalue weighted by molar-refractivity contribution is -0.142. The summed E-state index contributed by atoms with van der Waals surface area (Å²) in [4.78, 5) is 26.2. The second-order valence-corrected chi connectivity index (χ2v) is 6.59. The Kier molecular flexibility index (Phi) is 6.89. The monoisotopic (exact) mass is 395 g/mol. The molecule has 3 rings (SSSR count). The van der Waals surface area contributed by atoms with Crippen molar-refractivity contribution in [3.05, 3.63) is 59.7 Å². The van der Waals surface area contributed by atoms with E-state index in [2.05, 4.69) is 0 Å². The third-order valence-electron chi connectivity index (χ3n) is 4.65. The molecule has 1 aliphatic rings. The van der Waals surface area contributed by atoms with Crippen LogP contribution >= 0.6 is 0 Å². The molecule has 152 valence electrons. The quantitative estimate of drug-likeness (QED) is 0.529. The van der Waals surface area contributed by atoms with E-state index in [9.17, 15) is 9.59 Å². The van der Waals surface area contributed by atoms with E-state index in [0.717, 1.165) is 41.2 Å². The molecule has 0 spiro atoms. The van der Waals surface area contributed by atoms with Crippen LogP contribution in [0, 0.1) is 0 Å². The van der Waals surface area contributed by atoms with Gasteiger partial charge in [-0.05, 0) is 67.3 Å². The van der Waals surface area contributed by atoms with Gasteiger partial charge >= 0.3 is 5.97 Å². The van der Waals surface area contributed by atoms with Gasteiger partial charge < -0.3 is 19.1 Å². The molecule has 0 radical (unpaired) electrons. The summed E-state index contributed by atoms with van der Waals surface area (Å²) < 4.78 is 15.8. The number of carbonyl (C=O) groups excluding carboxylic acids is 2. The van der Waals surface area contributed by atoms with Crippen molar-refractivity contribution >= 4 is 23.6 Å². The number of ether oxygens (including phenoxy) is 3. The zero-order valence-electron chi connectivity index (χ0n) is 16.7. The highest BCUT2D eigenvalue weighted by molar-refractivity contribution is 5.97. The summed E-state index contributed by atoms with van der Waals surface area (Å²) in [7, 11) is 1.62. The highest BCUT2D eigenvalue weighted by atomic mass is 16.5. The zero-order chi connectivity index (χ0) is 20.6. The van der Waals surface area contributed by atoms with Gasteiger partial charge in [-0.2, -0.15) is 0 Å². The van der Waals surface area contributed by atoms with Crippen molar-refractivity contribution in [2.75, 3.05) is 31.8 Å². The van der Waals surface area contributed by atoms with Gasteiger partial charge in [0.05, 0.1) is 13.7 Å². The molecule has 0 saturated heterocycles. The van der Waals surface area contributed by atoms with Crippen molar-refractivity contribution < 1.29 is 23.8 Å². The molecule has 1 amide bonds. The maximum absolute atomic E-state index is 12.6. The van der Waals surface area contributed by atoms with Crippen LogP contribution in [-0.2, 0) is 20.7 Å². The van der Waals surface area contributed by atoms with Crippen molar-refractivity contribution in [2.45, 2.75) is 19.8 Å². The number of benzene rings is 2. The molecule has 0 saturated carbocycles. The number of methoxy groups -OCH3 is 1. The molecule has 2 aromatic rings. The highest BCUT2D eigenvalue weighted by Crippen LogP contribution is 2.30. The van der Waals surface area contributed by atoms with Gasteiger partial charge in [0, 0.05) is 18.3 Å². The first kappa shape index (κ1) is 20.5. The lowest BCUT2D eigenvalue weighted by Crippen LogP contribution is -2.38. The molecule has 0 bridgehead atoms. The molecule has 1 heterocycles. The molecule has 0 N–H and O–H groups in total. The number of fused-ring (bicyclic) bond motifs is 1. The maximum atomic E-state index is 12.6. The van der Waals surface area contributed by atoms with Gasteiger partial charge in [-0.3, -0.25) is 4.79 Å². The fourth-order valence-electron chi connectivity index (χ4n) is 3.22. The van der Waals surface area contributed by atoms with Gasteiger partial charge in [0.1, 0.15) is 11.5 Å². The minimum atomic E-state index is -0.556. The van der Waals surface area contributed by atoms with Crippen LogP contribution < -0.4 is 14.4 Å². The normalized spacial score (nSPS) is 13.1. The summed E-state index contributed by atoms with van der Waals surface area (Å²) in [5.41, 5.74) is 2.75. The largest absolute Gasteiger partial charge is 0.497 e. The van der Waals surface area contributed by atoms with Gasteiger partial charge in [0.15, 0.2) is 6.61 Å². The van der Waals surface area contributed by atoms with E-state index in [0.29, 0.717) is 13.2 Å². The number of rotatable bonds is 7. The van der Waals surface area contributed by atoms with E-state index in [-0.39, 0.29) is 12.5 Å². The average molecular weight is 395 g/mol. The Morgan fingerprint density at radius 2 is 1.86 bits per heavy atom. The summed E-state index contributed by atoms with van der Waals surface area (Å²) in [6, 6.07) is 13.0. The minimum Gasteiger partial charge on any atom is -0.497 e. The number of esters is 1. The molecule has 29 heavy (non-hydrogen) atoms. The standard InChI is InChI=1S/C23H25NO5/c1-3-28-19-9-6-17(7-10-19)8-13-23(26)29-16-22(25)24-14-4-5-18-15-20(27-2)11-12-21(18)24/h6-13,15H,3-5,14,16H2,1-2H3/b13-8+. The molecule has 6 nitrogen and oxygen atoms in total. The molecule has 6 heteroatoms. The van der Waals surface area contributed by atoms with E-state index in [1.54, 1.807) is 18.1 Å².